The molecule has 3 rings (SSSR count). The largest absolute Gasteiger partial charge is 0.316 e. The Morgan fingerprint density at radius 1 is 1.25 bits per heavy atom. The predicted octanol–water partition coefficient (Wildman–Crippen LogP) is 4.25. The zero-order valence-electron chi connectivity index (χ0n) is 11.1. The van der Waals surface area contributed by atoms with E-state index in [0.717, 1.165) is 32.9 Å². The van der Waals surface area contributed by atoms with Crippen LogP contribution < -0.4 is 5.32 Å². The molecule has 0 bridgehead atoms. The van der Waals surface area contributed by atoms with Crippen molar-refractivity contribution in [2.45, 2.75) is 6.92 Å². The van der Waals surface area contributed by atoms with E-state index in [4.69, 9.17) is 11.6 Å². The van der Waals surface area contributed by atoms with Gasteiger partial charge in [-0.3, -0.25) is 4.68 Å². The van der Waals surface area contributed by atoms with Crippen LogP contribution in [0, 0.1) is 6.92 Å². The fraction of sp³-hybridized carbons (Fsp3) is 0.143. The molecule has 3 aromatic rings. The third kappa shape index (κ3) is 2.69. The van der Waals surface area contributed by atoms with Crippen LogP contribution in [-0.4, -0.2) is 14.8 Å². The summed E-state index contributed by atoms with van der Waals surface area (Å²) in [5.74, 6) is 0.930. The van der Waals surface area contributed by atoms with Crippen molar-refractivity contribution in [3.8, 4) is 11.3 Å². The fourth-order valence-corrected chi connectivity index (χ4v) is 2.77. The monoisotopic (exact) mass is 304 g/mol. The van der Waals surface area contributed by atoms with Gasteiger partial charge in [0.15, 0.2) is 5.13 Å². The van der Waals surface area contributed by atoms with Gasteiger partial charge in [0, 0.05) is 29.1 Å². The number of hydrogen-bond donors (Lipinski definition) is 1. The number of halogens is 1. The Labute approximate surface area is 126 Å². The highest BCUT2D eigenvalue weighted by molar-refractivity contribution is 7.14. The van der Waals surface area contributed by atoms with E-state index in [1.165, 1.54) is 0 Å². The Balaban J connectivity index is 1.83. The summed E-state index contributed by atoms with van der Waals surface area (Å²) < 4.78 is 1.80. The Bertz CT molecular complexity index is 730. The zero-order valence-corrected chi connectivity index (χ0v) is 12.7. The van der Waals surface area contributed by atoms with Crippen molar-refractivity contribution in [1.82, 2.24) is 14.8 Å². The lowest BCUT2D eigenvalue weighted by Crippen LogP contribution is -1.98. The van der Waals surface area contributed by atoms with Gasteiger partial charge in [-0.1, -0.05) is 23.7 Å². The number of anilines is 2. The van der Waals surface area contributed by atoms with E-state index in [9.17, 15) is 0 Å². The zero-order chi connectivity index (χ0) is 14.1. The maximum atomic E-state index is 5.89. The van der Waals surface area contributed by atoms with Crippen LogP contribution in [0.1, 0.15) is 5.69 Å². The van der Waals surface area contributed by atoms with Gasteiger partial charge >= 0.3 is 0 Å². The van der Waals surface area contributed by atoms with E-state index >= 15 is 0 Å². The maximum Gasteiger partial charge on any atom is 0.188 e. The molecule has 0 fully saturated rings. The average Bonchev–Trinajstić information content (AvgIpc) is 2.98. The lowest BCUT2D eigenvalue weighted by molar-refractivity contribution is 0.765. The van der Waals surface area contributed by atoms with Gasteiger partial charge in [-0.15, -0.1) is 11.3 Å². The second-order valence-corrected chi connectivity index (χ2v) is 5.76. The third-order valence-electron chi connectivity index (χ3n) is 2.88. The van der Waals surface area contributed by atoms with E-state index < -0.39 is 0 Å². The molecule has 0 aliphatic rings. The van der Waals surface area contributed by atoms with Gasteiger partial charge < -0.3 is 5.32 Å². The molecule has 0 amide bonds. The predicted molar refractivity (Wildman–Crippen MR) is 83.8 cm³/mol. The highest BCUT2D eigenvalue weighted by atomic mass is 35.5. The summed E-state index contributed by atoms with van der Waals surface area (Å²) in [6, 6.07) is 9.66. The van der Waals surface area contributed by atoms with Crippen molar-refractivity contribution in [3.05, 3.63) is 46.4 Å². The van der Waals surface area contributed by atoms with Gasteiger partial charge in [0.1, 0.15) is 5.82 Å². The smallest absolute Gasteiger partial charge is 0.188 e. The van der Waals surface area contributed by atoms with Gasteiger partial charge in [-0.2, -0.15) is 5.10 Å². The van der Waals surface area contributed by atoms with E-state index in [-0.39, 0.29) is 0 Å². The van der Waals surface area contributed by atoms with Gasteiger partial charge in [-0.25, -0.2) is 4.98 Å². The van der Waals surface area contributed by atoms with Crippen molar-refractivity contribution >= 4 is 33.9 Å². The van der Waals surface area contributed by atoms with Crippen LogP contribution in [0.25, 0.3) is 11.3 Å². The van der Waals surface area contributed by atoms with Crippen LogP contribution in [0.4, 0.5) is 10.9 Å². The van der Waals surface area contributed by atoms with Crippen molar-refractivity contribution in [2.75, 3.05) is 5.32 Å². The molecule has 6 heteroatoms. The second kappa shape index (κ2) is 5.26. The molecular weight excluding hydrogens is 292 g/mol. The van der Waals surface area contributed by atoms with Gasteiger partial charge in [0.25, 0.3) is 0 Å². The molecule has 1 N–H and O–H groups in total. The molecule has 102 valence electrons. The Morgan fingerprint density at radius 2 is 2.00 bits per heavy atom. The van der Waals surface area contributed by atoms with Crippen molar-refractivity contribution in [2.24, 2.45) is 7.05 Å². The summed E-state index contributed by atoms with van der Waals surface area (Å²) in [4.78, 5) is 4.58. The first-order valence-corrected chi connectivity index (χ1v) is 7.37. The number of nitrogens with zero attached hydrogens (tertiary/aromatic N) is 3. The first kappa shape index (κ1) is 13.1. The normalized spacial score (nSPS) is 10.8. The van der Waals surface area contributed by atoms with Crippen LogP contribution in [0.15, 0.2) is 35.7 Å². The summed E-state index contributed by atoms with van der Waals surface area (Å²) in [6.45, 7) is 1.96. The van der Waals surface area contributed by atoms with E-state index in [2.05, 4.69) is 15.4 Å². The number of aromatic nitrogens is 3. The molecule has 0 saturated carbocycles. The van der Waals surface area contributed by atoms with E-state index in [0.29, 0.717) is 0 Å². The molecule has 20 heavy (non-hydrogen) atoms. The number of aryl methyl sites for hydroxylation is 2. The van der Waals surface area contributed by atoms with Crippen molar-refractivity contribution in [1.29, 1.82) is 0 Å². The minimum absolute atomic E-state index is 0.729. The topological polar surface area (TPSA) is 42.7 Å². The quantitative estimate of drug-likeness (QED) is 0.786. The van der Waals surface area contributed by atoms with Crippen LogP contribution in [0.5, 0.6) is 0 Å². The van der Waals surface area contributed by atoms with Gasteiger partial charge in [0.05, 0.1) is 11.4 Å². The van der Waals surface area contributed by atoms with Crippen molar-refractivity contribution in [3.63, 3.8) is 0 Å². The Hall–Kier alpha value is -1.85. The highest BCUT2D eigenvalue weighted by Gasteiger charge is 2.07. The molecule has 1 aromatic carbocycles. The highest BCUT2D eigenvalue weighted by Crippen LogP contribution is 2.27. The molecule has 2 aromatic heterocycles. The molecule has 0 spiro atoms. The number of benzene rings is 1. The van der Waals surface area contributed by atoms with Crippen LogP contribution in [-0.2, 0) is 7.05 Å². The Morgan fingerprint density at radius 3 is 2.65 bits per heavy atom. The first-order valence-electron chi connectivity index (χ1n) is 6.11. The molecule has 0 aliphatic carbocycles. The molecular formula is C14H13ClN4S. The van der Waals surface area contributed by atoms with Crippen LogP contribution in [0.3, 0.4) is 0 Å². The minimum atomic E-state index is 0.729. The number of rotatable bonds is 3. The van der Waals surface area contributed by atoms with E-state index in [1.807, 2.05) is 49.7 Å². The standard InChI is InChI=1S/C14H13ClN4S/c1-9-7-13(19(2)18-9)17-14-16-12(8-20-14)10-3-5-11(15)6-4-10/h3-8H,1-2H3,(H,16,17). The summed E-state index contributed by atoms with van der Waals surface area (Å²) in [5, 5.41) is 11.2. The SMILES string of the molecule is Cc1cc(Nc2nc(-c3ccc(Cl)cc3)cs2)n(C)n1. The molecule has 4 nitrogen and oxygen atoms in total. The minimum Gasteiger partial charge on any atom is -0.316 e. The average molecular weight is 305 g/mol. The van der Waals surface area contributed by atoms with Gasteiger partial charge in [-0.05, 0) is 19.1 Å². The lowest BCUT2D eigenvalue weighted by atomic mass is 10.2. The molecule has 0 aliphatic heterocycles. The molecule has 0 atom stereocenters. The third-order valence-corrected chi connectivity index (χ3v) is 3.89. The lowest BCUT2D eigenvalue weighted by Gasteiger charge is -2.01. The number of nitrogens with one attached hydrogen (secondary N) is 1. The number of thiazole rings is 1. The summed E-state index contributed by atoms with van der Waals surface area (Å²) in [5.41, 5.74) is 2.97. The summed E-state index contributed by atoms with van der Waals surface area (Å²) in [7, 11) is 1.91. The molecule has 0 radical (unpaired) electrons. The van der Waals surface area contributed by atoms with Gasteiger partial charge in [0.2, 0.25) is 0 Å². The second-order valence-electron chi connectivity index (χ2n) is 4.46. The first-order chi connectivity index (χ1) is 9.61. The van der Waals surface area contributed by atoms with Crippen LogP contribution >= 0.6 is 22.9 Å². The fourth-order valence-electron chi connectivity index (χ4n) is 1.92. The maximum absolute atomic E-state index is 5.89. The Kier molecular flexibility index (Phi) is 3.46. The molecule has 0 saturated heterocycles. The van der Waals surface area contributed by atoms with E-state index in [1.54, 1.807) is 16.0 Å². The summed E-state index contributed by atoms with van der Waals surface area (Å²) in [6.07, 6.45) is 0. The number of hydrogen-bond acceptors (Lipinski definition) is 4. The summed E-state index contributed by atoms with van der Waals surface area (Å²) >= 11 is 7.46. The molecule has 0 unspecified atom stereocenters. The van der Waals surface area contributed by atoms with Crippen LogP contribution in [0.2, 0.25) is 5.02 Å². The van der Waals surface area contributed by atoms with Crippen molar-refractivity contribution < 1.29 is 0 Å². The molecule has 2 heterocycles.